The van der Waals surface area contributed by atoms with E-state index in [0.29, 0.717) is 27.1 Å². The third kappa shape index (κ3) is 6.91. The minimum absolute atomic E-state index is 0.0313. The van der Waals surface area contributed by atoms with E-state index < -0.39 is 0 Å². The monoisotopic (exact) mass is 438 g/mol. The number of allylic oxidation sites excluding steroid dienone is 4. The lowest BCUT2D eigenvalue weighted by molar-refractivity contribution is -0.119. The minimum Gasteiger partial charge on any atom is -0.398 e. The molecule has 0 aromatic heterocycles. The highest BCUT2D eigenvalue weighted by molar-refractivity contribution is 8.00. The topological polar surface area (TPSA) is 55.1 Å². The van der Waals surface area contributed by atoms with E-state index in [4.69, 9.17) is 28.9 Å². The molecule has 28 heavy (non-hydrogen) atoms. The van der Waals surface area contributed by atoms with Crippen molar-refractivity contribution in [3.63, 3.8) is 0 Å². The van der Waals surface area contributed by atoms with Crippen molar-refractivity contribution in [2.75, 3.05) is 11.5 Å². The second-order valence-corrected chi connectivity index (χ2v) is 8.87. The van der Waals surface area contributed by atoms with Crippen molar-refractivity contribution in [3.05, 3.63) is 64.2 Å². The van der Waals surface area contributed by atoms with E-state index in [-0.39, 0.29) is 17.2 Å². The van der Waals surface area contributed by atoms with Gasteiger partial charge in [-0.05, 0) is 55.2 Å². The van der Waals surface area contributed by atoms with Crippen LogP contribution in [0.4, 0.5) is 5.69 Å². The summed E-state index contributed by atoms with van der Waals surface area (Å²) < 4.78 is 0. The molecule has 0 heterocycles. The Morgan fingerprint density at radius 3 is 2.79 bits per heavy atom. The van der Waals surface area contributed by atoms with Crippen LogP contribution in [0.25, 0.3) is 0 Å². The van der Waals surface area contributed by atoms with Gasteiger partial charge >= 0.3 is 0 Å². The van der Waals surface area contributed by atoms with E-state index in [1.165, 1.54) is 31.0 Å². The maximum absolute atomic E-state index is 12.5. The Bertz CT molecular complexity index is 755. The van der Waals surface area contributed by atoms with Gasteiger partial charge in [0, 0.05) is 21.8 Å². The SMILES string of the molecule is C=C(/C(Cl)=C\C=C/C)C(SCC(=O)NC1CCCCC1)c1cc(Cl)ccc1N. The van der Waals surface area contributed by atoms with Crippen molar-refractivity contribution in [2.45, 2.75) is 50.3 Å². The number of nitrogens with two attached hydrogens (primary N) is 1. The molecule has 1 aromatic carbocycles. The molecule has 3 nitrogen and oxygen atoms in total. The summed E-state index contributed by atoms with van der Waals surface area (Å²) in [6.45, 7) is 6.08. The fourth-order valence-corrected chi connectivity index (χ4v) is 4.78. The van der Waals surface area contributed by atoms with E-state index in [1.807, 2.05) is 25.1 Å². The van der Waals surface area contributed by atoms with Gasteiger partial charge in [-0.3, -0.25) is 4.79 Å². The maximum Gasteiger partial charge on any atom is 0.230 e. The van der Waals surface area contributed by atoms with Gasteiger partial charge in [0.1, 0.15) is 0 Å². The molecule has 1 amide bonds. The van der Waals surface area contributed by atoms with Crippen molar-refractivity contribution in [3.8, 4) is 0 Å². The van der Waals surface area contributed by atoms with Gasteiger partial charge in [0.25, 0.3) is 0 Å². The zero-order valence-corrected chi connectivity index (χ0v) is 18.5. The number of rotatable bonds is 8. The Kier molecular flexibility index (Phi) is 9.49. The second kappa shape index (κ2) is 11.6. The summed E-state index contributed by atoms with van der Waals surface area (Å²) in [5, 5.41) is 4.01. The molecule has 1 unspecified atom stereocenters. The van der Waals surface area contributed by atoms with Crippen molar-refractivity contribution in [2.24, 2.45) is 0 Å². The van der Waals surface area contributed by atoms with Crippen molar-refractivity contribution >= 4 is 46.6 Å². The van der Waals surface area contributed by atoms with Crippen molar-refractivity contribution in [1.82, 2.24) is 5.32 Å². The molecule has 0 aliphatic heterocycles. The normalized spacial score (nSPS) is 16.9. The lowest BCUT2D eigenvalue weighted by Gasteiger charge is -2.24. The van der Waals surface area contributed by atoms with Gasteiger partial charge in [-0.1, -0.05) is 61.2 Å². The van der Waals surface area contributed by atoms with Crippen LogP contribution in [0, 0.1) is 0 Å². The number of thioether (sulfide) groups is 1. The fourth-order valence-electron chi connectivity index (χ4n) is 3.24. The minimum atomic E-state index is -0.259. The average Bonchev–Trinajstić information content (AvgIpc) is 2.69. The Balaban J connectivity index is 2.14. The third-order valence-corrected chi connectivity index (χ3v) is 6.65. The number of nitrogens with one attached hydrogen (secondary N) is 1. The quantitative estimate of drug-likeness (QED) is 0.364. The summed E-state index contributed by atoms with van der Waals surface area (Å²) in [6, 6.07) is 5.62. The molecule has 0 saturated heterocycles. The number of nitrogen functional groups attached to an aromatic ring is 1. The highest BCUT2D eigenvalue weighted by Crippen LogP contribution is 2.42. The van der Waals surface area contributed by atoms with Crippen LogP contribution in [0.1, 0.15) is 49.8 Å². The number of amides is 1. The Labute approximate surface area is 182 Å². The number of hydrogen-bond acceptors (Lipinski definition) is 3. The number of carbonyl (C=O) groups excluding carboxylic acids is 1. The molecule has 152 valence electrons. The molecule has 1 atom stereocenters. The second-order valence-electron chi connectivity index (χ2n) is 6.93. The van der Waals surface area contributed by atoms with Crippen LogP contribution in [0.5, 0.6) is 0 Å². The van der Waals surface area contributed by atoms with Crippen LogP contribution in [0.3, 0.4) is 0 Å². The van der Waals surface area contributed by atoms with Crippen LogP contribution in [-0.4, -0.2) is 17.7 Å². The molecule has 1 aromatic rings. The van der Waals surface area contributed by atoms with Crippen molar-refractivity contribution < 1.29 is 4.79 Å². The van der Waals surface area contributed by atoms with Gasteiger partial charge in [0.2, 0.25) is 5.91 Å². The Morgan fingerprint density at radius 2 is 2.11 bits per heavy atom. The molecule has 0 bridgehead atoms. The molecule has 2 rings (SSSR count). The largest absolute Gasteiger partial charge is 0.398 e. The summed E-state index contributed by atoms with van der Waals surface area (Å²) in [5.74, 6) is 0.337. The standard InChI is InChI=1S/C22H28Cl2N2OS/c1-3-4-10-19(24)15(2)22(18-13-16(23)11-12-20(18)25)28-14-21(27)26-17-8-6-5-7-9-17/h3-4,10-13,17,22H,2,5-9,14,25H2,1H3,(H,26,27)/b4-3-,19-10+. The number of carbonyl (C=O) groups is 1. The van der Waals surface area contributed by atoms with Crippen LogP contribution in [0.15, 0.2) is 53.6 Å². The van der Waals surface area contributed by atoms with Crippen LogP contribution in [0.2, 0.25) is 5.02 Å². The van der Waals surface area contributed by atoms with Gasteiger partial charge in [-0.25, -0.2) is 0 Å². The van der Waals surface area contributed by atoms with Gasteiger partial charge < -0.3 is 11.1 Å². The number of benzene rings is 1. The van der Waals surface area contributed by atoms with E-state index in [9.17, 15) is 4.79 Å². The Morgan fingerprint density at radius 1 is 1.39 bits per heavy atom. The van der Waals surface area contributed by atoms with Gasteiger partial charge in [-0.15, -0.1) is 11.8 Å². The van der Waals surface area contributed by atoms with E-state index in [0.717, 1.165) is 18.4 Å². The van der Waals surface area contributed by atoms with Crippen LogP contribution < -0.4 is 11.1 Å². The first-order valence-electron chi connectivity index (χ1n) is 9.56. The van der Waals surface area contributed by atoms with E-state index in [1.54, 1.807) is 18.2 Å². The summed E-state index contributed by atoms with van der Waals surface area (Å²) in [5.41, 5.74) is 8.31. The predicted molar refractivity (Wildman–Crippen MR) is 124 cm³/mol. The molecule has 1 aliphatic carbocycles. The molecular weight excluding hydrogens is 411 g/mol. The van der Waals surface area contributed by atoms with Gasteiger partial charge in [-0.2, -0.15) is 0 Å². The summed E-state index contributed by atoms with van der Waals surface area (Å²) >= 11 is 14.1. The number of anilines is 1. The third-order valence-electron chi connectivity index (χ3n) is 4.74. The average molecular weight is 439 g/mol. The van der Waals surface area contributed by atoms with Crippen molar-refractivity contribution in [1.29, 1.82) is 0 Å². The molecular formula is C22H28Cl2N2OS. The summed E-state index contributed by atoms with van der Waals surface area (Å²) in [7, 11) is 0. The van der Waals surface area contributed by atoms with Gasteiger partial charge in [0.05, 0.1) is 11.0 Å². The highest BCUT2D eigenvalue weighted by Gasteiger charge is 2.23. The van der Waals surface area contributed by atoms with E-state index in [2.05, 4.69) is 11.9 Å². The predicted octanol–water partition coefficient (Wildman–Crippen LogP) is 6.40. The molecule has 0 radical (unpaired) electrons. The lowest BCUT2D eigenvalue weighted by Crippen LogP contribution is -2.37. The summed E-state index contributed by atoms with van der Waals surface area (Å²) in [4.78, 5) is 12.5. The first-order chi connectivity index (χ1) is 13.4. The Hall–Kier alpha value is -1.36. The number of hydrogen-bond donors (Lipinski definition) is 2. The van der Waals surface area contributed by atoms with Crippen LogP contribution in [-0.2, 0) is 4.79 Å². The highest BCUT2D eigenvalue weighted by atomic mass is 35.5. The fraction of sp³-hybridized carbons (Fsp3) is 0.409. The zero-order valence-electron chi connectivity index (χ0n) is 16.2. The molecule has 1 aliphatic rings. The zero-order chi connectivity index (χ0) is 20.5. The van der Waals surface area contributed by atoms with Gasteiger partial charge in [0.15, 0.2) is 0 Å². The van der Waals surface area contributed by atoms with Crippen LogP contribution >= 0.6 is 35.0 Å². The molecule has 1 fully saturated rings. The maximum atomic E-state index is 12.5. The van der Waals surface area contributed by atoms with E-state index >= 15 is 0 Å². The number of halogens is 2. The first kappa shape index (κ1) is 22.9. The smallest absolute Gasteiger partial charge is 0.230 e. The lowest BCUT2D eigenvalue weighted by atomic mass is 9.95. The molecule has 6 heteroatoms. The molecule has 1 saturated carbocycles. The summed E-state index contributed by atoms with van der Waals surface area (Å²) in [6.07, 6.45) is 11.3. The first-order valence-corrected chi connectivity index (χ1v) is 11.4. The molecule has 0 spiro atoms. The molecule has 3 N–H and O–H groups in total.